The molecule has 2 fully saturated rings. The fraction of sp³-hybridized carbons (Fsp3) is 0.379. The van der Waals surface area contributed by atoms with Crippen molar-refractivity contribution in [3.63, 3.8) is 0 Å². The maximum absolute atomic E-state index is 13.3. The van der Waals surface area contributed by atoms with E-state index < -0.39 is 0 Å². The number of nitrogens with one attached hydrogen (secondary N) is 2. The quantitative estimate of drug-likeness (QED) is 0.404. The molecule has 0 atom stereocenters. The smallest absolute Gasteiger partial charge is 0.274 e. The number of anilines is 3. The van der Waals surface area contributed by atoms with Crippen LogP contribution in [0.2, 0.25) is 5.02 Å². The van der Waals surface area contributed by atoms with Crippen LogP contribution in [0.4, 0.5) is 17.2 Å². The Hall–Kier alpha value is -3.69. The number of likely N-dealkylation sites (tertiary alicyclic amines) is 2. The molecular weight excluding hydrogens is 514 g/mol. The van der Waals surface area contributed by atoms with Crippen molar-refractivity contribution < 1.29 is 9.59 Å². The van der Waals surface area contributed by atoms with Crippen LogP contribution >= 0.6 is 11.6 Å². The Balaban J connectivity index is 1.11. The second-order valence-corrected chi connectivity index (χ2v) is 10.7. The van der Waals surface area contributed by atoms with Gasteiger partial charge in [-0.05, 0) is 86.8 Å². The van der Waals surface area contributed by atoms with E-state index in [4.69, 9.17) is 17.3 Å². The second kappa shape index (κ2) is 12.4. The summed E-state index contributed by atoms with van der Waals surface area (Å²) < 4.78 is 0. The Kier molecular flexibility index (Phi) is 8.58. The number of nitrogens with two attached hydrogens (primary N) is 1. The van der Waals surface area contributed by atoms with E-state index in [2.05, 4.69) is 25.5 Å². The van der Waals surface area contributed by atoms with Gasteiger partial charge in [-0.2, -0.15) is 0 Å². The van der Waals surface area contributed by atoms with Crippen molar-refractivity contribution >= 4 is 40.6 Å². The van der Waals surface area contributed by atoms with Gasteiger partial charge in [-0.1, -0.05) is 17.7 Å². The van der Waals surface area contributed by atoms with Gasteiger partial charge < -0.3 is 21.3 Å². The number of amides is 2. The van der Waals surface area contributed by atoms with Gasteiger partial charge in [0.05, 0.1) is 11.4 Å². The minimum absolute atomic E-state index is 0.0814. The van der Waals surface area contributed by atoms with Crippen molar-refractivity contribution in [3.05, 3.63) is 77.2 Å². The van der Waals surface area contributed by atoms with Crippen LogP contribution in [-0.4, -0.2) is 63.8 Å². The molecule has 2 aromatic heterocycles. The first kappa shape index (κ1) is 26.9. The zero-order valence-electron chi connectivity index (χ0n) is 21.9. The van der Waals surface area contributed by atoms with Crippen molar-refractivity contribution in [2.75, 3.05) is 42.5 Å². The summed E-state index contributed by atoms with van der Waals surface area (Å²) in [5.74, 6) is 0.600. The molecule has 4 heterocycles. The van der Waals surface area contributed by atoms with Gasteiger partial charge in [-0.25, -0.2) is 4.98 Å². The summed E-state index contributed by atoms with van der Waals surface area (Å²) in [7, 11) is 0. The highest BCUT2D eigenvalue weighted by Gasteiger charge is 2.31. The highest BCUT2D eigenvalue weighted by Crippen LogP contribution is 2.29. The van der Waals surface area contributed by atoms with Gasteiger partial charge in [-0.3, -0.25) is 19.5 Å². The van der Waals surface area contributed by atoms with Crippen molar-refractivity contribution in [3.8, 4) is 0 Å². The summed E-state index contributed by atoms with van der Waals surface area (Å²) in [5.41, 5.74) is 8.71. The standard InChI is InChI=1S/C29H34ClN7O2/c30-22-4-5-24(26(18-22)35-28(38)25-3-1-2-11-32-25)34-23-9-15-37(16-10-23)29(39)21-7-13-36(14-8-21)19-20-6-12-33-27(31)17-20/h1-6,11-12,17-18,21,23,34H,7-10,13-16,19H2,(H2,31,33)(H,35,38). The third-order valence-corrected chi connectivity index (χ3v) is 7.72. The lowest BCUT2D eigenvalue weighted by atomic mass is 9.93. The Morgan fingerprint density at radius 2 is 1.72 bits per heavy atom. The fourth-order valence-electron chi connectivity index (χ4n) is 5.34. The van der Waals surface area contributed by atoms with Crippen LogP contribution in [0, 0.1) is 5.92 Å². The van der Waals surface area contributed by atoms with E-state index >= 15 is 0 Å². The van der Waals surface area contributed by atoms with Crippen LogP contribution < -0.4 is 16.4 Å². The number of nitrogen functional groups attached to an aromatic ring is 1. The largest absolute Gasteiger partial charge is 0.384 e. The monoisotopic (exact) mass is 547 g/mol. The van der Waals surface area contributed by atoms with Gasteiger partial charge in [0.15, 0.2) is 0 Å². The highest BCUT2D eigenvalue weighted by atomic mass is 35.5. The Morgan fingerprint density at radius 1 is 0.923 bits per heavy atom. The average Bonchev–Trinajstić information content (AvgIpc) is 2.95. The van der Waals surface area contributed by atoms with E-state index in [-0.39, 0.29) is 23.8 Å². The number of rotatable bonds is 7. The van der Waals surface area contributed by atoms with Crippen molar-refractivity contribution in [2.45, 2.75) is 38.3 Å². The van der Waals surface area contributed by atoms with Crippen LogP contribution in [0.15, 0.2) is 60.9 Å². The maximum Gasteiger partial charge on any atom is 0.274 e. The van der Waals surface area contributed by atoms with Gasteiger partial charge in [0.2, 0.25) is 5.91 Å². The molecular formula is C29H34ClN7O2. The van der Waals surface area contributed by atoms with Gasteiger partial charge in [0, 0.05) is 49.0 Å². The summed E-state index contributed by atoms with van der Waals surface area (Å²) >= 11 is 6.22. The average molecular weight is 548 g/mol. The number of aromatic nitrogens is 2. The van der Waals surface area contributed by atoms with Gasteiger partial charge in [-0.15, -0.1) is 0 Å². The first-order valence-electron chi connectivity index (χ1n) is 13.4. The summed E-state index contributed by atoms with van der Waals surface area (Å²) in [4.78, 5) is 38.5. The zero-order valence-corrected chi connectivity index (χ0v) is 22.6. The molecule has 1 aromatic carbocycles. The molecule has 0 radical (unpaired) electrons. The van der Waals surface area contributed by atoms with E-state index in [9.17, 15) is 9.59 Å². The number of piperidine rings is 2. The van der Waals surface area contributed by atoms with Crippen LogP contribution in [0.5, 0.6) is 0 Å². The number of halogens is 1. The number of pyridine rings is 2. The molecule has 0 aliphatic carbocycles. The van der Waals surface area contributed by atoms with Crippen LogP contribution in [0.1, 0.15) is 41.7 Å². The highest BCUT2D eigenvalue weighted by molar-refractivity contribution is 6.31. The molecule has 0 saturated carbocycles. The van der Waals surface area contributed by atoms with Crippen LogP contribution in [0.3, 0.4) is 0 Å². The number of hydrogen-bond acceptors (Lipinski definition) is 7. The first-order valence-corrected chi connectivity index (χ1v) is 13.8. The Morgan fingerprint density at radius 3 is 2.44 bits per heavy atom. The molecule has 0 bridgehead atoms. The molecule has 0 unspecified atom stereocenters. The van der Waals surface area contributed by atoms with E-state index in [1.165, 1.54) is 0 Å². The van der Waals surface area contributed by atoms with Crippen molar-refractivity contribution in [1.29, 1.82) is 0 Å². The number of hydrogen-bond donors (Lipinski definition) is 3. The fourth-order valence-corrected chi connectivity index (χ4v) is 5.51. The molecule has 2 aliphatic rings. The summed E-state index contributed by atoms with van der Waals surface area (Å²) in [5, 5.41) is 7.01. The number of carbonyl (C=O) groups is 2. The first-order chi connectivity index (χ1) is 18.9. The zero-order chi connectivity index (χ0) is 27.2. The van der Waals surface area contributed by atoms with E-state index in [0.717, 1.165) is 69.7 Å². The normalized spacial score (nSPS) is 17.1. The Labute approximate surface area is 233 Å². The van der Waals surface area contributed by atoms with Gasteiger partial charge in [0.25, 0.3) is 5.91 Å². The lowest BCUT2D eigenvalue weighted by molar-refractivity contribution is -0.138. The van der Waals surface area contributed by atoms with Crippen LogP contribution in [0.25, 0.3) is 0 Å². The molecule has 2 aliphatic heterocycles. The molecule has 2 saturated heterocycles. The molecule has 10 heteroatoms. The predicted octanol–water partition coefficient (Wildman–Crippen LogP) is 4.28. The molecule has 4 N–H and O–H groups in total. The predicted molar refractivity (Wildman–Crippen MR) is 154 cm³/mol. The molecule has 3 aromatic rings. The van der Waals surface area contributed by atoms with E-state index in [0.29, 0.717) is 22.2 Å². The molecule has 9 nitrogen and oxygen atoms in total. The molecule has 204 valence electrons. The minimum atomic E-state index is -0.294. The van der Waals surface area contributed by atoms with E-state index in [1.807, 2.05) is 23.1 Å². The topological polar surface area (TPSA) is 116 Å². The molecule has 0 spiro atoms. The number of carbonyl (C=O) groups excluding carboxylic acids is 2. The SMILES string of the molecule is Nc1cc(CN2CCC(C(=O)N3CCC(Nc4ccc(Cl)cc4NC(=O)c4ccccn4)CC3)CC2)ccn1. The van der Waals surface area contributed by atoms with Crippen molar-refractivity contribution in [1.82, 2.24) is 19.8 Å². The molecule has 2 amide bonds. The maximum atomic E-state index is 13.3. The lowest BCUT2D eigenvalue weighted by Gasteiger charge is -2.37. The van der Waals surface area contributed by atoms with Crippen LogP contribution in [-0.2, 0) is 11.3 Å². The summed E-state index contributed by atoms with van der Waals surface area (Å²) in [6, 6.07) is 14.7. The van der Waals surface area contributed by atoms with Gasteiger partial charge in [0.1, 0.15) is 11.5 Å². The third-order valence-electron chi connectivity index (χ3n) is 7.48. The Bertz CT molecular complexity index is 1290. The van der Waals surface area contributed by atoms with Gasteiger partial charge >= 0.3 is 0 Å². The molecule has 5 rings (SSSR count). The summed E-state index contributed by atoms with van der Waals surface area (Å²) in [6.45, 7) is 4.08. The molecule has 39 heavy (non-hydrogen) atoms. The third kappa shape index (κ3) is 7.04. The van der Waals surface area contributed by atoms with Crippen molar-refractivity contribution in [2.24, 2.45) is 5.92 Å². The number of nitrogens with zero attached hydrogens (tertiary/aromatic N) is 4. The lowest BCUT2D eigenvalue weighted by Crippen LogP contribution is -2.47. The van der Waals surface area contributed by atoms with E-state index in [1.54, 1.807) is 42.7 Å². The second-order valence-electron chi connectivity index (χ2n) is 10.2. The summed E-state index contributed by atoms with van der Waals surface area (Å²) in [6.07, 6.45) is 6.76. The number of benzene rings is 1. The minimum Gasteiger partial charge on any atom is -0.384 e.